The molecule has 2 rings (SSSR count). The zero-order valence-corrected chi connectivity index (χ0v) is 10.2. The van der Waals surface area contributed by atoms with E-state index in [1.54, 1.807) is 12.1 Å². The average Bonchev–Trinajstić information content (AvgIpc) is 2.40. The Balaban J connectivity index is 2.19. The fourth-order valence-corrected chi connectivity index (χ4v) is 1.73. The molecule has 4 nitrogen and oxygen atoms in total. The maximum absolute atomic E-state index is 10.7. The van der Waals surface area contributed by atoms with Crippen LogP contribution in [0.4, 0.5) is 11.4 Å². The van der Waals surface area contributed by atoms with Crippen molar-refractivity contribution in [2.45, 2.75) is 0 Å². The second-order valence-electron chi connectivity index (χ2n) is 3.63. The Morgan fingerprint density at radius 3 is 2.50 bits per heavy atom. The summed E-state index contributed by atoms with van der Waals surface area (Å²) in [7, 11) is 0. The third-order valence-corrected chi connectivity index (χ3v) is 2.69. The van der Waals surface area contributed by atoms with Crippen molar-refractivity contribution in [2.75, 3.05) is 5.32 Å². The number of thiocarbonyl (C=S) groups is 1. The summed E-state index contributed by atoms with van der Waals surface area (Å²) < 4.78 is 0. The molecule has 0 unspecified atom stereocenters. The van der Waals surface area contributed by atoms with E-state index in [4.69, 9.17) is 12.2 Å². The molecule has 0 radical (unpaired) electrons. The van der Waals surface area contributed by atoms with Crippen LogP contribution >= 0.6 is 12.2 Å². The van der Waals surface area contributed by atoms with E-state index in [0.717, 1.165) is 5.69 Å². The number of nitro groups is 1. The van der Waals surface area contributed by atoms with Gasteiger partial charge in [0.25, 0.3) is 5.69 Å². The van der Waals surface area contributed by atoms with Gasteiger partial charge in [-0.3, -0.25) is 10.1 Å². The molecule has 0 saturated heterocycles. The second kappa shape index (κ2) is 5.37. The van der Waals surface area contributed by atoms with E-state index in [0.29, 0.717) is 10.6 Å². The number of nitrogens with zero attached hydrogens (tertiary/aromatic N) is 1. The van der Waals surface area contributed by atoms with Crippen molar-refractivity contribution in [3.63, 3.8) is 0 Å². The van der Waals surface area contributed by atoms with Crippen LogP contribution in [0, 0.1) is 10.1 Å². The van der Waals surface area contributed by atoms with Gasteiger partial charge < -0.3 is 5.32 Å². The van der Waals surface area contributed by atoms with Gasteiger partial charge in [0, 0.05) is 23.4 Å². The third kappa shape index (κ3) is 2.89. The molecule has 2 aromatic rings. The second-order valence-corrected chi connectivity index (χ2v) is 4.04. The number of para-hydroxylation sites is 1. The van der Waals surface area contributed by atoms with E-state index in [1.165, 1.54) is 12.1 Å². The van der Waals surface area contributed by atoms with Gasteiger partial charge in [0.15, 0.2) is 0 Å². The van der Waals surface area contributed by atoms with Crippen LogP contribution in [-0.4, -0.2) is 9.91 Å². The number of nitro benzene ring substituents is 1. The number of benzene rings is 2. The minimum atomic E-state index is -0.436. The Labute approximate surface area is 109 Å². The van der Waals surface area contributed by atoms with Crippen LogP contribution < -0.4 is 5.32 Å². The van der Waals surface area contributed by atoms with Crippen LogP contribution in [0.2, 0.25) is 0 Å². The molecule has 0 fully saturated rings. The molecule has 0 saturated carbocycles. The van der Waals surface area contributed by atoms with Gasteiger partial charge >= 0.3 is 0 Å². The fourth-order valence-electron chi connectivity index (χ4n) is 1.49. The van der Waals surface area contributed by atoms with Crippen LogP contribution in [0.25, 0.3) is 0 Å². The monoisotopic (exact) mass is 258 g/mol. The molecule has 0 heterocycles. The average molecular weight is 258 g/mol. The quantitative estimate of drug-likeness (QED) is 0.521. The summed E-state index contributed by atoms with van der Waals surface area (Å²) in [6, 6.07) is 15.7. The first-order chi connectivity index (χ1) is 8.66. The van der Waals surface area contributed by atoms with E-state index in [2.05, 4.69) is 5.32 Å². The van der Waals surface area contributed by atoms with Gasteiger partial charge in [0.05, 0.1) is 4.92 Å². The number of non-ortho nitro benzene ring substituents is 1. The molecule has 5 heteroatoms. The molecular formula is C13H10N2O2S. The van der Waals surface area contributed by atoms with Crippen LogP contribution in [0.1, 0.15) is 5.56 Å². The molecule has 0 spiro atoms. The first kappa shape index (κ1) is 12.2. The zero-order chi connectivity index (χ0) is 13.0. The fraction of sp³-hybridized carbons (Fsp3) is 0. The molecule has 0 aliphatic heterocycles. The van der Waals surface area contributed by atoms with E-state index >= 15 is 0 Å². The van der Waals surface area contributed by atoms with Crippen LogP contribution in [0.3, 0.4) is 0 Å². The topological polar surface area (TPSA) is 55.2 Å². The smallest absolute Gasteiger partial charge is 0.270 e. The highest BCUT2D eigenvalue weighted by Gasteiger charge is 2.08. The van der Waals surface area contributed by atoms with Gasteiger partial charge in [-0.2, -0.15) is 0 Å². The van der Waals surface area contributed by atoms with Crippen molar-refractivity contribution >= 4 is 28.6 Å². The van der Waals surface area contributed by atoms with Gasteiger partial charge in [-0.25, -0.2) is 0 Å². The van der Waals surface area contributed by atoms with Crippen molar-refractivity contribution in [1.82, 2.24) is 0 Å². The Bertz CT molecular complexity index is 585. The first-order valence-electron chi connectivity index (χ1n) is 5.27. The molecule has 0 aliphatic rings. The maximum Gasteiger partial charge on any atom is 0.270 e. The number of nitrogens with one attached hydrogen (secondary N) is 1. The molecular weight excluding hydrogens is 248 g/mol. The summed E-state index contributed by atoms with van der Waals surface area (Å²) in [6.45, 7) is 0. The molecule has 90 valence electrons. The lowest BCUT2D eigenvalue weighted by molar-refractivity contribution is -0.384. The first-order valence-corrected chi connectivity index (χ1v) is 5.68. The van der Waals surface area contributed by atoms with E-state index < -0.39 is 4.92 Å². The minimum Gasteiger partial charge on any atom is -0.346 e. The highest BCUT2D eigenvalue weighted by molar-refractivity contribution is 7.81. The molecule has 1 N–H and O–H groups in total. The van der Waals surface area contributed by atoms with Crippen molar-refractivity contribution in [1.29, 1.82) is 0 Å². The molecule has 0 aromatic heterocycles. The lowest BCUT2D eigenvalue weighted by Crippen LogP contribution is -2.10. The summed E-state index contributed by atoms with van der Waals surface area (Å²) in [5.41, 5.74) is 1.52. The summed E-state index contributed by atoms with van der Waals surface area (Å²) in [6.07, 6.45) is 0. The van der Waals surface area contributed by atoms with Gasteiger partial charge in [-0.1, -0.05) is 42.5 Å². The Kier molecular flexibility index (Phi) is 3.64. The largest absolute Gasteiger partial charge is 0.346 e. The van der Waals surface area contributed by atoms with Gasteiger partial charge in [0.1, 0.15) is 4.99 Å². The predicted molar refractivity (Wildman–Crippen MR) is 74.9 cm³/mol. The molecule has 18 heavy (non-hydrogen) atoms. The van der Waals surface area contributed by atoms with Crippen LogP contribution in [0.5, 0.6) is 0 Å². The van der Waals surface area contributed by atoms with Crippen LogP contribution in [-0.2, 0) is 0 Å². The number of hydrogen-bond donors (Lipinski definition) is 1. The van der Waals surface area contributed by atoms with Crippen molar-refractivity contribution in [2.24, 2.45) is 0 Å². The lowest BCUT2D eigenvalue weighted by Gasteiger charge is -2.07. The summed E-state index contributed by atoms with van der Waals surface area (Å²) in [5, 5.41) is 13.7. The summed E-state index contributed by atoms with van der Waals surface area (Å²) in [5.74, 6) is 0. The van der Waals surface area contributed by atoms with Gasteiger partial charge in [-0.05, 0) is 12.1 Å². The number of anilines is 1. The van der Waals surface area contributed by atoms with Crippen molar-refractivity contribution in [3.8, 4) is 0 Å². The Morgan fingerprint density at radius 2 is 1.83 bits per heavy atom. The van der Waals surface area contributed by atoms with Gasteiger partial charge in [0.2, 0.25) is 0 Å². The van der Waals surface area contributed by atoms with Crippen LogP contribution in [0.15, 0.2) is 54.6 Å². The SMILES string of the molecule is O=[N+]([O-])c1cccc(C(=S)Nc2ccccc2)c1. The van der Waals surface area contributed by atoms with Gasteiger partial charge in [-0.15, -0.1) is 0 Å². The molecule has 0 amide bonds. The molecule has 0 bridgehead atoms. The van der Waals surface area contributed by atoms with Crippen molar-refractivity contribution in [3.05, 3.63) is 70.3 Å². The summed E-state index contributed by atoms with van der Waals surface area (Å²) >= 11 is 5.21. The third-order valence-electron chi connectivity index (χ3n) is 2.35. The van der Waals surface area contributed by atoms with Crippen molar-refractivity contribution < 1.29 is 4.92 Å². The lowest BCUT2D eigenvalue weighted by atomic mass is 10.2. The Morgan fingerprint density at radius 1 is 1.11 bits per heavy atom. The minimum absolute atomic E-state index is 0.0321. The standard InChI is InChI=1S/C13H10N2O2S/c16-15(17)12-8-4-5-10(9-12)13(18)14-11-6-2-1-3-7-11/h1-9H,(H,14,18). The Hall–Kier alpha value is -2.27. The highest BCUT2D eigenvalue weighted by atomic mass is 32.1. The molecule has 2 aromatic carbocycles. The number of rotatable bonds is 3. The van der Waals surface area contributed by atoms with E-state index in [1.807, 2.05) is 30.3 Å². The maximum atomic E-state index is 10.7. The highest BCUT2D eigenvalue weighted by Crippen LogP contribution is 2.15. The van der Waals surface area contributed by atoms with E-state index in [-0.39, 0.29) is 5.69 Å². The van der Waals surface area contributed by atoms with E-state index in [9.17, 15) is 10.1 Å². The molecule has 0 atom stereocenters. The zero-order valence-electron chi connectivity index (χ0n) is 9.37. The predicted octanol–water partition coefficient (Wildman–Crippen LogP) is 3.38. The summed E-state index contributed by atoms with van der Waals surface area (Å²) in [4.78, 5) is 10.7. The normalized spacial score (nSPS) is 9.78. The molecule has 0 aliphatic carbocycles. The number of hydrogen-bond acceptors (Lipinski definition) is 3.